The number of hydrogen-bond donors (Lipinski definition) is 1. The minimum absolute atomic E-state index is 0.329. The van der Waals surface area contributed by atoms with E-state index < -0.39 is 17.7 Å². The summed E-state index contributed by atoms with van der Waals surface area (Å²) in [5, 5.41) is 2.81. The fraction of sp³-hybridized carbons (Fsp3) is 0.227. The lowest BCUT2D eigenvalue weighted by Gasteiger charge is -2.20. The summed E-state index contributed by atoms with van der Waals surface area (Å²) >= 11 is 0. The number of rotatable bonds is 7. The van der Waals surface area contributed by atoms with Crippen LogP contribution in [0.25, 0.3) is 0 Å². The number of hydrogen-bond acceptors (Lipinski definition) is 5. The number of ketones is 1. The Morgan fingerprint density at radius 3 is 2.17 bits per heavy atom. The predicted molar refractivity (Wildman–Crippen MR) is 108 cm³/mol. The summed E-state index contributed by atoms with van der Waals surface area (Å²) in [6.45, 7) is 1.92. The van der Waals surface area contributed by atoms with Gasteiger partial charge in [0.2, 0.25) is 5.78 Å². The highest BCUT2D eigenvalue weighted by atomic mass is 16.5. The van der Waals surface area contributed by atoms with Crippen molar-refractivity contribution in [3.05, 3.63) is 77.4 Å². The summed E-state index contributed by atoms with van der Waals surface area (Å²) in [4.78, 5) is 29.8. The van der Waals surface area contributed by atoms with E-state index in [1.807, 2.05) is 14.0 Å². The first-order valence-electron chi connectivity index (χ1n) is 9.05. The van der Waals surface area contributed by atoms with Gasteiger partial charge in [0.1, 0.15) is 23.4 Å². The van der Waals surface area contributed by atoms with Crippen LogP contribution < -0.4 is 14.8 Å². The second kappa shape index (κ2) is 8.60. The van der Waals surface area contributed by atoms with Crippen LogP contribution in [-0.4, -0.2) is 35.5 Å². The van der Waals surface area contributed by atoms with Gasteiger partial charge in [-0.25, -0.2) is 4.98 Å². The van der Waals surface area contributed by atoms with E-state index in [1.165, 1.54) is 0 Å². The molecule has 0 aliphatic heterocycles. The topological polar surface area (TPSA) is 82.4 Å². The van der Waals surface area contributed by atoms with E-state index in [0.29, 0.717) is 28.5 Å². The lowest BCUT2D eigenvalue weighted by Crippen LogP contribution is -2.36. The smallest absolute Gasteiger partial charge is 0.293 e. The first kappa shape index (κ1) is 20.1. The molecule has 3 rings (SSSR count). The molecule has 1 amide bonds. The molecule has 29 heavy (non-hydrogen) atoms. The molecule has 1 aromatic heterocycles. The Bertz CT molecular complexity index is 1000. The molecule has 0 radical (unpaired) electrons. The fourth-order valence-corrected chi connectivity index (χ4v) is 2.98. The number of carbonyl (C=O) groups excluding carboxylic acids is 2. The number of Topliss-reactive ketones (excluding diaryl/α,β-unsaturated/α-hetero) is 1. The average Bonchev–Trinajstić information content (AvgIpc) is 3.16. The molecule has 1 unspecified atom stereocenters. The summed E-state index contributed by atoms with van der Waals surface area (Å²) in [7, 11) is 4.92. The van der Waals surface area contributed by atoms with Crippen LogP contribution in [0.1, 0.15) is 33.4 Å². The number of benzene rings is 2. The van der Waals surface area contributed by atoms with Crippen molar-refractivity contribution in [1.29, 1.82) is 0 Å². The van der Waals surface area contributed by atoms with Gasteiger partial charge >= 0.3 is 0 Å². The van der Waals surface area contributed by atoms with Gasteiger partial charge in [0.15, 0.2) is 0 Å². The quantitative estimate of drug-likeness (QED) is 0.493. The number of nitrogens with zero attached hydrogens (tertiary/aromatic N) is 2. The van der Waals surface area contributed by atoms with Gasteiger partial charge in [-0.1, -0.05) is 29.8 Å². The molecular formula is C22H23N3O4. The van der Waals surface area contributed by atoms with Crippen molar-refractivity contribution in [1.82, 2.24) is 14.9 Å². The van der Waals surface area contributed by atoms with Crippen LogP contribution in [0, 0.1) is 6.92 Å². The third-order valence-corrected chi connectivity index (χ3v) is 4.62. The van der Waals surface area contributed by atoms with Crippen LogP contribution in [0.5, 0.6) is 11.5 Å². The van der Waals surface area contributed by atoms with Gasteiger partial charge in [-0.2, -0.15) is 0 Å². The van der Waals surface area contributed by atoms with E-state index in [2.05, 4.69) is 10.3 Å². The van der Waals surface area contributed by atoms with Crippen LogP contribution >= 0.6 is 0 Å². The van der Waals surface area contributed by atoms with E-state index >= 15 is 0 Å². The molecule has 3 aromatic rings. The van der Waals surface area contributed by atoms with Gasteiger partial charge in [0, 0.05) is 31.1 Å². The van der Waals surface area contributed by atoms with Gasteiger partial charge in [-0.3, -0.25) is 9.59 Å². The lowest BCUT2D eigenvalue weighted by molar-refractivity contribution is -0.117. The summed E-state index contributed by atoms with van der Waals surface area (Å²) in [5.41, 5.74) is 2.02. The van der Waals surface area contributed by atoms with Crippen molar-refractivity contribution in [2.45, 2.75) is 13.0 Å². The zero-order valence-corrected chi connectivity index (χ0v) is 16.8. The van der Waals surface area contributed by atoms with Crippen molar-refractivity contribution in [3.8, 4) is 11.5 Å². The van der Waals surface area contributed by atoms with Gasteiger partial charge in [-0.05, 0) is 24.6 Å². The Morgan fingerprint density at radius 1 is 1.03 bits per heavy atom. The van der Waals surface area contributed by atoms with Crippen LogP contribution in [0.4, 0.5) is 0 Å². The van der Waals surface area contributed by atoms with E-state index in [4.69, 9.17) is 9.47 Å². The number of aromatic nitrogens is 2. The SMILES string of the molecule is COc1cc(OC)cc(C(NC(=O)C(=O)c2ccc(C)cc2)c2nccn2C)c1. The number of nitrogens with one attached hydrogen (secondary N) is 1. The van der Waals surface area contributed by atoms with Gasteiger partial charge in [-0.15, -0.1) is 0 Å². The van der Waals surface area contributed by atoms with E-state index in [1.54, 1.807) is 73.6 Å². The number of imidazole rings is 1. The molecule has 1 N–H and O–H groups in total. The Kier molecular flexibility index (Phi) is 5.97. The lowest BCUT2D eigenvalue weighted by atomic mass is 10.0. The van der Waals surface area contributed by atoms with Crippen LogP contribution in [-0.2, 0) is 11.8 Å². The number of carbonyl (C=O) groups is 2. The number of amides is 1. The minimum atomic E-state index is -0.719. The molecular weight excluding hydrogens is 370 g/mol. The molecule has 2 aromatic carbocycles. The summed E-state index contributed by atoms with van der Waals surface area (Å²) in [5.74, 6) is 0.378. The van der Waals surface area contributed by atoms with Crippen molar-refractivity contribution in [2.24, 2.45) is 7.05 Å². The van der Waals surface area contributed by atoms with Crippen LogP contribution in [0.3, 0.4) is 0 Å². The van der Waals surface area contributed by atoms with E-state index in [0.717, 1.165) is 5.56 Å². The molecule has 1 atom stereocenters. The van der Waals surface area contributed by atoms with Crippen molar-refractivity contribution < 1.29 is 19.1 Å². The fourth-order valence-electron chi connectivity index (χ4n) is 2.98. The van der Waals surface area contributed by atoms with Gasteiger partial charge < -0.3 is 19.4 Å². The standard InChI is InChI=1S/C22H23N3O4/c1-14-5-7-15(8-6-14)20(26)22(27)24-19(21-23-9-10-25(21)2)16-11-17(28-3)13-18(12-16)29-4/h5-13,19H,1-4H3,(H,24,27). The molecule has 0 spiro atoms. The highest BCUT2D eigenvalue weighted by Gasteiger charge is 2.26. The maximum Gasteiger partial charge on any atom is 0.293 e. The zero-order chi connectivity index (χ0) is 21.0. The normalized spacial score (nSPS) is 11.6. The highest BCUT2D eigenvalue weighted by Crippen LogP contribution is 2.29. The van der Waals surface area contributed by atoms with Crippen molar-refractivity contribution >= 4 is 11.7 Å². The molecule has 1 heterocycles. The third-order valence-electron chi connectivity index (χ3n) is 4.62. The minimum Gasteiger partial charge on any atom is -0.497 e. The second-order valence-corrected chi connectivity index (χ2v) is 6.64. The summed E-state index contributed by atoms with van der Waals surface area (Å²) < 4.78 is 12.5. The van der Waals surface area contributed by atoms with Crippen molar-refractivity contribution in [3.63, 3.8) is 0 Å². The number of methoxy groups -OCH3 is 2. The van der Waals surface area contributed by atoms with Gasteiger partial charge in [0.05, 0.1) is 14.2 Å². The average molecular weight is 393 g/mol. The molecule has 7 heteroatoms. The first-order chi connectivity index (χ1) is 13.9. The Balaban J connectivity index is 1.97. The Labute approximate surface area is 169 Å². The van der Waals surface area contributed by atoms with Crippen LogP contribution in [0.15, 0.2) is 54.9 Å². The summed E-state index contributed by atoms with van der Waals surface area (Å²) in [6, 6.07) is 11.5. The summed E-state index contributed by atoms with van der Waals surface area (Å²) in [6.07, 6.45) is 3.40. The zero-order valence-electron chi connectivity index (χ0n) is 16.8. The Hall–Kier alpha value is -3.61. The molecule has 0 saturated carbocycles. The molecule has 0 saturated heterocycles. The van der Waals surface area contributed by atoms with E-state index in [-0.39, 0.29) is 0 Å². The first-order valence-corrected chi connectivity index (χ1v) is 9.05. The maximum absolute atomic E-state index is 12.8. The van der Waals surface area contributed by atoms with Crippen molar-refractivity contribution in [2.75, 3.05) is 14.2 Å². The predicted octanol–water partition coefficient (Wildman–Crippen LogP) is 2.83. The third kappa shape index (κ3) is 4.45. The number of aryl methyl sites for hydroxylation is 2. The second-order valence-electron chi connectivity index (χ2n) is 6.64. The molecule has 0 bridgehead atoms. The number of ether oxygens (including phenoxy) is 2. The van der Waals surface area contributed by atoms with E-state index in [9.17, 15) is 9.59 Å². The van der Waals surface area contributed by atoms with Gasteiger partial charge in [0.25, 0.3) is 5.91 Å². The largest absolute Gasteiger partial charge is 0.497 e. The highest BCUT2D eigenvalue weighted by molar-refractivity contribution is 6.42. The van der Waals surface area contributed by atoms with Crippen LogP contribution in [0.2, 0.25) is 0 Å². The molecule has 7 nitrogen and oxygen atoms in total. The molecule has 0 fully saturated rings. The molecule has 0 aliphatic rings. The maximum atomic E-state index is 12.8. The molecule has 0 aliphatic carbocycles. The molecule has 150 valence electrons. The Morgan fingerprint density at radius 2 is 1.66 bits per heavy atom. The monoisotopic (exact) mass is 393 g/mol.